The number of thioether (sulfide) groups is 1. The van der Waals surface area contributed by atoms with Crippen LogP contribution in [0.3, 0.4) is 0 Å². The van der Waals surface area contributed by atoms with Gasteiger partial charge in [-0.3, -0.25) is 9.69 Å². The summed E-state index contributed by atoms with van der Waals surface area (Å²) in [6, 6.07) is 12.6. The zero-order chi connectivity index (χ0) is 21.5. The van der Waals surface area contributed by atoms with Gasteiger partial charge >= 0.3 is 0 Å². The fourth-order valence-electron chi connectivity index (χ4n) is 3.75. The standard InChI is InChI=1S/C23H28N4O2S2/c1-17-4-2-5-18(14-17)16-30-13-9-24-23(28)19-7-10-27(11-8-19)15-21-25-22(26-29-21)20-6-3-12-31-20/h2-6,12,14,19H,7-11,13,15-16H2,1H3,(H,24,28). The maximum Gasteiger partial charge on any atom is 0.241 e. The minimum absolute atomic E-state index is 0.0994. The zero-order valence-electron chi connectivity index (χ0n) is 17.8. The van der Waals surface area contributed by atoms with Crippen LogP contribution in [0.4, 0.5) is 0 Å². The van der Waals surface area contributed by atoms with Crippen LogP contribution in [0.15, 0.2) is 46.3 Å². The summed E-state index contributed by atoms with van der Waals surface area (Å²) in [7, 11) is 0. The first kappa shape index (κ1) is 22.0. The molecule has 4 rings (SSSR count). The molecule has 1 amide bonds. The van der Waals surface area contributed by atoms with Crippen LogP contribution in [0.25, 0.3) is 10.7 Å². The molecule has 1 fully saturated rings. The molecule has 1 aromatic carbocycles. The lowest BCUT2D eigenvalue weighted by atomic mass is 9.96. The highest BCUT2D eigenvalue weighted by Gasteiger charge is 2.25. The smallest absolute Gasteiger partial charge is 0.241 e. The molecule has 1 saturated heterocycles. The fourth-order valence-corrected chi connectivity index (χ4v) is 5.21. The maximum atomic E-state index is 12.5. The van der Waals surface area contributed by atoms with Crippen molar-refractivity contribution in [2.24, 2.45) is 5.92 Å². The molecule has 1 aliphatic heterocycles. The van der Waals surface area contributed by atoms with E-state index in [1.807, 2.05) is 29.3 Å². The molecule has 0 unspecified atom stereocenters. The Morgan fingerprint density at radius 2 is 2.16 bits per heavy atom. The summed E-state index contributed by atoms with van der Waals surface area (Å²) in [6.07, 6.45) is 1.74. The molecule has 0 radical (unpaired) electrons. The highest BCUT2D eigenvalue weighted by molar-refractivity contribution is 7.98. The number of aryl methyl sites for hydroxylation is 1. The van der Waals surface area contributed by atoms with Gasteiger partial charge in [-0.15, -0.1) is 11.3 Å². The number of likely N-dealkylation sites (tertiary alicyclic amines) is 1. The predicted molar refractivity (Wildman–Crippen MR) is 126 cm³/mol. The van der Waals surface area contributed by atoms with Crippen LogP contribution in [-0.4, -0.2) is 46.3 Å². The molecule has 3 aromatic rings. The summed E-state index contributed by atoms with van der Waals surface area (Å²) in [4.78, 5) is 20.3. The molecule has 0 bridgehead atoms. The Balaban J connectivity index is 1.12. The summed E-state index contributed by atoms with van der Waals surface area (Å²) < 4.78 is 5.40. The molecule has 0 saturated carbocycles. The molecule has 164 valence electrons. The van der Waals surface area contributed by atoms with E-state index in [0.717, 1.165) is 48.9 Å². The number of aromatic nitrogens is 2. The molecule has 2 aromatic heterocycles. The monoisotopic (exact) mass is 456 g/mol. The lowest BCUT2D eigenvalue weighted by molar-refractivity contribution is -0.126. The van der Waals surface area contributed by atoms with E-state index in [1.165, 1.54) is 11.1 Å². The Hall–Kier alpha value is -2.16. The van der Waals surface area contributed by atoms with Gasteiger partial charge in [0.1, 0.15) is 0 Å². The summed E-state index contributed by atoms with van der Waals surface area (Å²) in [5.74, 6) is 3.50. The second-order valence-electron chi connectivity index (χ2n) is 7.87. The third-order valence-electron chi connectivity index (χ3n) is 5.42. The number of piperidine rings is 1. The molecule has 6 nitrogen and oxygen atoms in total. The van der Waals surface area contributed by atoms with Crippen molar-refractivity contribution >= 4 is 29.0 Å². The molecule has 1 N–H and O–H groups in total. The van der Waals surface area contributed by atoms with Gasteiger partial charge in [0, 0.05) is 24.0 Å². The van der Waals surface area contributed by atoms with E-state index in [0.29, 0.717) is 18.3 Å². The van der Waals surface area contributed by atoms with Gasteiger partial charge in [-0.25, -0.2) is 0 Å². The van der Waals surface area contributed by atoms with Crippen LogP contribution in [0.1, 0.15) is 29.9 Å². The van der Waals surface area contributed by atoms with Crippen molar-refractivity contribution in [3.63, 3.8) is 0 Å². The average molecular weight is 457 g/mol. The Labute approximate surface area is 191 Å². The molecule has 0 spiro atoms. The summed E-state index contributed by atoms with van der Waals surface area (Å²) in [5, 5.41) is 9.19. The van der Waals surface area contributed by atoms with Crippen molar-refractivity contribution in [1.82, 2.24) is 20.4 Å². The fraction of sp³-hybridized carbons (Fsp3) is 0.435. The van der Waals surface area contributed by atoms with Gasteiger partial charge in [0.2, 0.25) is 17.6 Å². The van der Waals surface area contributed by atoms with E-state index >= 15 is 0 Å². The molecule has 1 aliphatic rings. The summed E-state index contributed by atoms with van der Waals surface area (Å²) in [6.45, 7) is 5.23. The number of amides is 1. The summed E-state index contributed by atoms with van der Waals surface area (Å²) >= 11 is 3.46. The van der Waals surface area contributed by atoms with Gasteiger partial charge in [-0.1, -0.05) is 41.1 Å². The Kier molecular flexibility index (Phi) is 7.77. The molecular formula is C23H28N4O2S2. The SMILES string of the molecule is Cc1cccc(CSCCNC(=O)C2CCN(Cc3nc(-c4cccs4)no3)CC2)c1. The highest BCUT2D eigenvalue weighted by atomic mass is 32.2. The second kappa shape index (κ2) is 10.9. The van der Waals surface area contributed by atoms with E-state index < -0.39 is 0 Å². The normalized spacial score (nSPS) is 15.3. The minimum Gasteiger partial charge on any atom is -0.355 e. The zero-order valence-corrected chi connectivity index (χ0v) is 19.4. The van der Waals surface area contributed by atoms with Crippen molar-refractivity contribution in [3.05, 3.63) is 58.8 Å². The number of carbonyl (C=O) groups is 1. The van der Waals surface area contributed by atoms with Crippen molar-refractivity contribution in [2.45, 2.75) is 32.1 Å². The quantitative estimate of drug-likeness (QED) is 0.482. The van der Waals surface area contributed by atoms with Crippen molar-refractivity contribution < 1.29 is 9.32 Å². The van der Waals surface area contributed by atoms with Crippen LogP contribution < -0.4 is 5.32 Å². The first-order valence-electron chi connectivity index (χ1n) is 10.7. The number of nitrogens with zero attached hydrogens (tertiary/aromatic N) is 3. The number of rotatable bonds is 9. The number of nitrogens with one attached hydrogen (secondary N) is 1. The lowest BCUT2D eigenvalue weighted by Gasteiger charge is -2.30. The molecule has 8 heteroatoms. The molecule has 0 aliphatic carbocycles. The van der Waals surface area contributed by atoms with E-state index in [2.05, 4.69) is 51.5 Å². The van der Waals surface area contributed by atoms with Crippen LogP contribution >= 0.6 is 23.1 Å². The van der Waals surface area contributed by atoms with E-state index in [-0.39, 0.29) is 11.8 Å². The number of carbonyl (C=O) groups excluding carboxylic acids is 1. The third-order valence-corrected chi connectivity index (χ3v) is 7.32. The number of benzene rings is 1. The third kappa shape index (κ3) is 6.41. The average Bonchev–Trinajstić information content (AvgIpc) is 3.46. The summed E-state index contributed by atoms with van der Waals surface area (Å²) in [5.41, 5.74) is 2.63. The van der Waals surface area contributed by atoms with Crippen molar-refractivity contribution in [3.8, 4) is 10.7 Å². The van der Waals surface area contributed by atoms with E-state index in [9.17, 15) is 4.79 Å². The van der Waals surface area contributed by atoms with E-state index in [4.69, 9.17) is 4.52 Å². The van der Waals surface area contributed by atoms with E-state index in [1.54, 1.807) is 11.3 Å². The number of thiophene rings is 1. The van der Waals surface area contributed by atoms with Gasteiger partial charge in [0.25, 0.3) is 0 Å². The van der Waals surface area contributed by atoms with Crippen LogP contribution in [0.5, 0.6) is 0 Å². The van der Waals surface area contributed by atoms with Gasteiger partial charge in [-0.05, 0) is 49.9 Å². The van der Waals surface area contributed by atoms with Gasteiger partial charge < -0.3 is 9.84 Å². The number of hydrogen-bond acceptors (Lipinski definition) is 7. The Morgan fingerprint density at radius 3 is 2.94 bits per heavy atom. The van der Waals surface area contributed by atoms with Crippen LogP contribution in [0, 0.1) is 12.8 Å². The van der Waals surface area contributed by atoms with Gasteiger partial charge in [-0.2, -0.15) is 16.7 Å². The van der Waals surface area contributed by atoms with Crippen molar-refractivity contribution in [2.75, 3.05) is 25.4 Å². The highest BCUT2D eigenvalue weighted by Crippen LogP contribution is 2.23. The van der Waals surface area contributed by atoms with Crippen LogP contribution in [0.2, 0.25) is 0 Å². The van der Waals surface area contributed by atoms with Crippen LogP contribution in [-0.2, 0) is 17.1 Å². The minimum atomic E-state index is 0.0994. The predicted octanol–water partition coefficient (Wildman–Crippen LogP) is 4.37. The first-order valence-corrected chi connectivity index (χ1v) is 12.7. The van der Waals surface area contributed by atoms with Gasteiger partial charge in [0.15, 0.2) is 0 Å². The second-order valence-corrected chi connectivity index (χ2v) is 9.92. The molecule has 0 atom stereocenters. The molecule has 3 heterocycles. The maximum absolute atomic E-state index is 12.5. The molecule has 31 heavy (non-hydrogen) atoms. The van der Waals surface area contributed by atoms with Crippen molar-refractivity contribution in [1.29, 1.82) is 0 Å². The Morgan fingerprint density at radius 1 is 1.29 bits per heavy atom. The molecular weight excluding hydrogens is 428 g/mol. The largest absolute Gasteiger partial charge is 0.355 e. The lowest BCUT2D eigenvalue weighted by Crippen LogP contribution is -2.40. The number of hydrogen-bond donors (Lipinski definition) is 1. The first-order chi connectivity index (χ1) is 15.2. The topological polar surface area (TPSA) is 71.3 Å². The Bertz CT molecular complexity index is 966. The van der Waals surface area contributed by atoms with Gasteiger partial charge in [0.05, 0.1) is 11.4 Å².